The van der Waals surface area contributed by atoms with E-state index in [1.54, 1.807) is 19.2 Å². The number of nitrogens with one attached hydrogen (secondary N) is 1. The summed E-state index contributed by atoms with van der Waals surface area (Å²) in [5, 5.41) is 3.05. The number of fused-ring (bicyclic) bond motifs is 6. The number of nitrogens with zero attached hydrogens (tertiary/aromatic N) is 1. The lowest BCUT2D eigenvalue weighted by Crippen LogP contribution is -2.54. The van der Waals surface area contributed by atoms with Crippen molar-refractivity contribution < 1.29 is 19.1 Å². The summed E-state index contributed by atoms with van der Waals surface area (Å²) in [6.45, 7) is 2.30. The van der Waals surface area contributed by atoms with E-state index < -0.39 is 5.54 Å². The van der Waals surface area contributed by atoms with Gasteiger partial charge in [0.15, 0.2) is 0 Å². The first-order chi connectivity index (χ1) is 16.0. The van der Waals surface area contributed by atoms with E-state index >= 15 is 0 Å². The van der Waals surface area contributed by atoms with Gasteiger partial charge in [-0.1, -0.05) is 42.5 Å². The van der Waals surface area contributed by atoms with E-state index in [0.29, 0.717) is 29.4 Å². The summed E-state index contributed by atoms with van der Waals surface area (Å²) in [6, 6.07) is 22.6. The minimum Gasteiger partial charge on any atom is -0.497 e. The Bertz CT molecular complexity index is 1270. The third kappa shape index (κ3) is 2.67. The van der Waals surface area contributed by atoms with Crippen LogP contribution in [0.15, 0.2) is 72.8 Å². The zero-order valence-electron chi connectivity index (χ0n) is 18.4. The van der Waals surface area contributed by atoms with Gasteiger partial charge in [0.2, 0.25) is 0 Å². The molecule has 166 valence electrons. The fourth-order valence-corrected chi connectivity index (χ4v) is 5.96. The van der Waals surface area contributed by atoms with Crippen LogP contribution in [0.3, 0.4) is 0 Å². The summed E-state index contributed by atoms with van der Waals surface area (Å²) in [5.74, 6) is 0.730. The fourth-order valence-electron chi connectivity index (χ4n) is 5.96. The lowest BCUT2D eigenvalue weighted by molar-refractivity contribution is -0.125. The number of benzene rings is 3. The molecule has 4 atom stereocenters. The molecule has 2 amide bonds. The second kappa shape index (κ2) is 7.10. The largest absolute Gasteiger partial charge is 0.497 e. The van der Waals surface area contributed by atoms with Crippen LogP contribution in [0.5, 0.6) is 11.5 Å². The average Bonchev–Trinajstić information content (AvgIpc) is 3.09. The molecule has 0 aromatic heterocycles. The minimum atomic E-state index is -1.10. The Balaban J connectivity index is 1.61. The van der Waals surface area contributed by atoms with Crippen LogP contribution in [0.1, 0.15) is 40.4 Å². The van der Waals surface area contributed by atoms with Crippen molar-refractivity contribution in [2.24, 2.45) is 5.92 Å². The molecule has 3 aliphatic heterocycles. The van der Waals surface area contributed by atoms with E-state index in [-0.39, 0.29) is 29.7 Å². The molecule has 0 aliphatic carbocycles. The van der Waals surface area contributed by atoms with E-state index in [0.717, 1.165) is 11.1 Å². The topological polar surface area (TPSA) is 67.9 Å². The van der Waals surface area contributed by atoms with Crippen molar-refractivity contribution in [1.29, 1.82) is 0 Å². The third-order valence-corrected chi connectivity index (χ3v) is 7.43. The van der Waals surface area contributed by atoms with E-state index in [2.05, 4.69) is 5.32 Å². The number of hydrogen-bond acceptors (Lipinski definition) is 4. The Kier molecular flexibility index (Phi) is 4.27. The number of para-hydroxylation sites is 1. The lowest BCUT2D eigenvalue weighted by atomic mass is 9.73. The van der Waals surface area contributed by atoms with Crippen LogP contribution >= 0.6 is 0 Å². The lowest BCUT2D eigenvalue weighted by Gasteiger charge is -2.38. The van der Waals surface area contributed by atoms with Gasteiger partial charge in [0.1, 0.15) is 17.0 Å². The summed E-state index contributed by atoms with van der Waals surface area (Å²) in [6.07, 6.45) is 0. The zero-order valence-corrected chi connectivity index (χ0v) is 18.4. The van der Waals surface area contributed by atoms with Crippen LogP contribution < -0.4 is 14.8 Å². The van der Waals surface area contributed by atoms with Gasteiger partial charge in [-0.15, -0.1) is 0 Å². The van der Waals surface area contributed by atoms with E-state index in [1.807, 2.05) is 72.5 Å². The average molecular weight is 440 g/mol. The standard InChI is InChI=1S/C27H24N2O4/c1-27-23(16-8-4-3-5-9-16)20-15-33-22-14-17(32-2)12-13-19(22)24(20)29(27)25(30)18-10-6-7-11-21(18)28-26(27)31/h3-14,20,23-24H,15H2,1-2H3,(H,28,31)/t20-,23+,24+,27-/m1/s1. The van der Waals surface area contributed by atoms with Gasteiger partial charge in [0, 0.05) is 23.5 Å². The Morgan fingerprint density at radius 2 is 1.79 bits per heavy atom. The van der Waals surface area contributed by atoms with Crippen molar-refractivity contribution in [2.45, 2.75) is 24.4 Å². The molecule has 33 heavy (non-hydrogen) atoms. The van der Waals surface area contributed by atoms with Gasteiger partial charge in [0.05, 0.1) is 31.0 Å². The molecule has 6 nitrogen and oxygen atoms in total. The fraction of sp³-hybridized carbons (Fsp3) is 0.259. The van der Waals surface area contributed by atoms with Gasteiger partial charge in [-0.3, -0.25) is 9.59 Å². The van der Waals surface area contributed by atoms with Gasteiger partial charge in [-0.05, 0) is 36.8 Å². The van der Waals surface area contributed by atoms with Crippen LogP contribution in [-0.4, -0.2) is 36.0 Å². The number of carbonyl (C=O) groups is 2. The van der Waals surface area contributed by atoms with Crippen molar-refractivity contribution in [3.8, 4) is 11.5 Å². The number of ether oxygens (including phenoxy) is 2. The Labute approximate surface area is 192 Å². The molecule has 1 N–H and O–H groups in total. The minimum absolute atomic E-state index is 0.0849. The first kappa shape index (κ1) is 19.9. The van der Waals surface area contributed by atoms with Crippen LogP contribution in [0.2, 0.25) is 0 Å². The molecule has 1 fully saturated rings. The molecule has 0 radical (unpaired) electrons. The number of methoxy groups -OCH3 is 1. The van der Waals surface area contributed by atoms with E-state index in [9.17, 15) is 9.59 Å². The molecular weight excluding hydrogens is 416 g/mol. The van der Waals surface area contributed by atoms with E-state index in [1.165, 1.54) is 0 Å². The SMILES string of the molecule is COc1ccc2c(c1)OC[C@H]1[C@H]2N2C(=O)c3ccccc3NC(=O)[C@@]2(C)[C@H]1c1ccccc1. The molecule has 3 aromatic carbocycles. The van der Waals surface area contributed by atoms with Crippen LogP contribution in [0, 0.1) is 5.92 Å². The first-order valence-electron chi connectivity index (χ1n) is 11.1. The van der Waals surface area contributed by atoms with Crippen LogP contribution in [0.4, 0.5) is 5.69 Å². The Hall–Kier alpha value is -3.80. The quantitative estimate of drug-likeness (QED) is 0.642. The molecule has 0 unspecified atom stereocenters. The smallest absolute Gasteiger partial charge is 0.257 e. The number of hydrogen-bond donors (Lipinski definition) is 1. The summed E-state index contributed by atoms with van der Waals surface area (Å²) >= 11 is 0. The van der Waals surface area contributed by atoms with Crippen LogP contribution in [-0.2, 0) is 4.79 Å². The van der Waals surface area contributed by atoms with Crippen LogP contribution in [0.25, 0.3) is 0 Å². The van der Waals surface area contributed by atoms with Gasteiger partial charge in [-0.2, -0.15) is 0 Å². The molecule has 6 heteroatoms. The predicted octanol–water partition coefficient (Wildman–Crippen LogP) is 4.40. The molecule has 6 rings (SSSR count). The van der Waals surface area contributed by atoms with Crippen molar-refractivity contribution in [3.63, 3.8) is 0 Å². The molecule has 1 saturated heterocycles. The first-order valence-corrected chi connectivity index (χ1v) is 11.1. The van der Waals surface area contributed by atoms with Crippen molar-refractivity contribution in [1.82, 2.24) is 4.90 Å². The highest BCUT2D eigenvalue weighted by molar-refractivity contribution is 6.12. The molecule has 0 saturated carbocycles. The molecular formula is C27H24N2O4. The van der Waals surface area contributed by atoms with Gasteiger partial charge in [-0.25, -0.2) is 0 Å². The Morgan fingerprint density at radius 3 is 2.58 bits per heavy atom. The number of carbonyl (C=O) groups excluding carboxylic acids is 2. The predicted molar refractivity (Wildman–Crippen MR) is 124 cm³/mol. The van der Waals surface area contributed by atoms with Gasteiger partial charge in [0.25, 0.3) is 11.8 Å². The maximum absolute atomic E-state index is 14.1. The summed E-state index contributed by atoms with van der Waals surface area (Å²) in [5.41, 5.74) is 1.87. The number of rotatable bonds is 2. The van der Waals surface area contributed by atoms with Crippen molar-refractivity contribution >= 4 is 17.5 Å². The highest BCUT2D eigenvalue weighted by Crippen LogP contribution is 2.60. The maximum atomic E-state index is 14.1. The monoisotopic (exact) mass is 440 g/mol. The molecule has 3 aliphatic rings. The molecule has 3 heterocycles. The van der Waals surface area contributed by atoms with Crippen molar-refractivity contribution in [2.75, 3.05) is 19.0 Å². The highest BCUT2D eigenvalue weighted by atomic mass is 16.5. The molecule has 0 bridgehead atoms. The molecule has 0 spiro atoms. The maximum Gasteiger partial charge on any atom is 0.257 e. The summed E-state index contributed by atoms with van der Waals surface area (Å²) in [7, 11) is 1.62. The highest BCUT2D eigenvalue weighted by Gasteiger charge is 2.65. The normalized spacial score (nSPS) is 27.3. The second-order valence-corrected chi connectivity index (χ2v) is 9.03. The second-order valence-electron chi connectivity index (χ2n) is 9.03. The van der Waals surface area contributed by atoms with Gasteiger partial charge < -0.3 is 19.7 Å². The Morgan fingerprint density at radius 1 is 1.03 bits per heavy atom. The summed E-state index contributed by atoms with van der Waals surface area (Å²) < 4.78 is 11.6. The third-order valence-electron chi connectivity index (χ3n) is 7.43. The van der Waals surface area contributed by atoms with E-state index in [4.69, 9.17) is 9.47 Å². The zero-order chi connectivity index (χ0) is 22.7. The molecule has 3 aromatic rings. The number of anilines is 1. The van der Waals surface area contributed by atoms with Gasteiger partial charge >= 0.3 is 0 Å². The number of amides is 2. The summed E-state index contributed by atoms with van der Waals surface area (Å²) in [4.78, 5) is 29.8. The van der Waals surface area contributed by atoms with Crippen molar-refractivity contribution in [3.05, 3.63) is 89.5 Å².